The number of hydrogen-bond acceptors (Lipinski definition) is 3. The van der Waals surface area contributed by atoms with Crippen molar-refractivity contribution in [2.45, 2.75) is 40.4 Å². The van der Waals surface area contributed by atoms with E-state index < -0.39 is 0 Å². The lowest BCUT2D eigenvalue weighted by Gasteiger charge is -2.07. The molecule has 0 spiro atoms. The summed E-state index contributed by atoms with van der Waals surface area (Å²) in [5.74, 6) is 1.05. The maximum absolute atomic E-state index is 4.60. The van der Waals surface area contributed by atoms with Crippen molar-refractivity contribution in [3.63, 3.8) is 0 Å². The lowest BCUT2D eigenvalue weighted by Crippen LogP contribution is -2.11. The minimum atomic E-state index is 0.877. The van der Waals surface area contributed by atoms with Crippen molar-refractivity contribution in [1.29, 1.82) is 0 Å². The minimum Gasteiger partial charge on any atom is -0.333 e. The molecule has 2 rings (SSSR count). The average molecular weight is 247 g/mol. The molecule has 0 fully saturated rings. The Morgan fingerprint density at radius 2 is 2.00 bits per heavy atom. The van der Waals surface area contributed by atoms with Crippen LogP contribution in [0.5, 0.6) is 0 Å². The summed E-state index contributed by atoms with van der Waals surface area (Å²) in [5.41, 5.74) is 3.67. The van der Waals surface area contributed by atoms with E-state index in [9.17, 15) is 0 Å². The Balaban J connectivity index is 2.10. The molecule has 0 amide bonds. The molecule has 5 heteroatoms. The summed E-state index contributed by atoms with van der Waals surface area (Å²) < 4.78 is 4.23. The number of nitrogens with zero attached hydrogens (tertiary/aromatic N) is 4. The van der Waals surface area contributed by atoms with Gasteiger partial charge in [0, 0.05) is 36.7 Å². The first kappa shape index (κ1) is 12.8. The van der Waals surface area contributed by atoms with E-state index in [1.54, 1.807) is 0 Å². The molecule has 0 bridgehead atoms. The molecule has 0 aliphatic heterocycles. The monoisotopic (exact) mass is 247 g/mol. The number of imidazole rings is 1. The Morgan fingerprint density at radius 3 is 2.61 bits per heavy atom. The van der Waals surface area contributed by atoms with Crippen molar-refractivity contribution in [1.82, 2.24) is 24.6 Å². The maximum atomic E-state index is 4.60. The van der Waals surface area contributed by atoms with Gasteiger partial charge in [0.05, 0.1) is 12.2 Å². The summed E-state index contributed by atoms with van der Waals surface area (Å²) in [4.78, 5) is 4.23. The van der Waals surface area contributed by atoms with Crippen LogP contribution in [0.2, 0.25) is 0 Å². The van der Waals surface area contributed by atoms with Gasteiger partial charge in [-0.15, -0.1) is 0 Å². The van der Waals surface area contributed by atoms with E-state index in [-0.39, 0.29) is 0 Å². The second kappa shape index (κ2) is 5.35. The molecule has 0 aromatic carbocycles. The van der Waals surface area contributed by atoms with E-state index in [1.807, 2.05) is 26.4 Å². The quantitative estimate of drug-likeness (QED) is 0.869. The summed E-state index contributed by atoms with van der Waals surface area (Å²) in [6.07, 6.45) is 3.85. The molecule has 2 aromatic rings. The molecule has 0 unspecified atom stereocenters. The predicted molar refractivity (Wildman–Crippen MR) is 71.4 cm³/mol. The Labute approximate surface area is 108 Å². The van der Waals surface area contributed by atoms with E-state index in [0.29, 0.717) is 0 Å². The fourth-order valence-electron chi connectivity index (χ4n) is 2.23. The van der Waals surface area contributed by atoms with E-state index in [4.69, 9.17) is 0 Å². The van der Waals surface area contributed by atoms with Crippen LogP contribution >= 0.6 is 0 Å². The van der Waals surface area contributed by atoms with Crippen molar-refractivity contribution >= 4 is 0 Å². The lowest BCUT2D eigenvalue weighted by atomic mass is 10.2. The standard InChI is InChI=1S/C13H21N5/c1-10-13(9-14-4)11(2)18(16-10)8-7-17-6-5-15-12(17)3/h5-6,14H,7-9H2,1-4H3. The molecule has 0 saturated heterocycles. The van der Waals surface area contributed by atoms with Gasteiger partial charge in [-0.2, -0.15) is 5.10 Å². The molecule has 0 aliphatic rings. The van der Waals surface area contributed by atoms with Crippen LogP contribution in [0.25, 0.3) is 0 Å². The van der Waals surface area contributed by atoms with Gasteiger partial charge in [-0.25, -0.2) is 4.98 Å². The number of nitrogens with one attached hydrogen (secondary N) is 1. The van der Waals surface area contributed by atoms with Crippen LogP contribution in [-0.4, -0.2) is 26.4 Å². The summed E-state index contributed by atoms with van der Waals surface area (Å²) in [6, 6.07) is 0. The first-order valence-electron chi connectivity index (χ1n) is 6.28. The van der Waals surface area contributed by atoms with Crippen LogP contribution < -0.4 is 5.32 Å². The van der Waals surface area contributed by atoms with Crippen molar-refractivity contribution < 1.29 is 0 Å². The van der Waals surface area contributed by atoms with Gasteiger partial charge >= 0.3 is 0 Å². The third kappa shape index (κ3) is 2.46. The molecule has 98 valence electrons. The summed E-state index contributed by atoms with van der Waals surface area (Å²) >= 11 is 0. The second-order valence-electron chi connectivity index (χ2n) is 4.57. The zero-order chi connectivity index (χ0) is 13.1. The largest absolute Gasteiger partial charge is 0.333 e. The highest BCUT2D eigenvalue weighted by Crippen LogP contribution is 2.12. The smallest absolute Gasteiger partial charge is 0.105 e. The van der Waals surface area contributed by atoms with Gasteiger partial charge in [0.2, 0.25) is 0 Å². The van der Waals surface area contributed by atoms with Gasteiger partial charge in [0.25, 0.3) is 0 Å². The van der Waals surface area contributed by atoms with Crippen molar-refractivity contribution in [2.75, 3.05) is 7.05 Å². The van der Waals surface area contributed by atoms with Gasteiger partial charge in [-0.05, 0) is 27.8 Å². The fraction of sp³-hybridized carbons (Fsp3) is 0.538. The zero-order valence-corrected chi connectivity index (χ0v) is 11.6. The molecule has 2 aromatic heterocycles. The first-order valence-corrected chi connectivity index (χ1v) is 6.28. The topological polar surface area (TPSA) is 47.7 Å². The lowest BCUT2D eigenvalue weighted by molar-refractivity contribution is 0.514. The highest BCUT2D eigenvalue weighted by atomic mass is 15.3. The maximum Gasteiger partial charge on any atom is 0.105 e. The van der Waals surface area contributed by atoms with Gasteiger partial charge in [0.15, 0.2) is 0 Å². The van der Waals surface area contributed by atoms with E-state index in [0.717, 1.165) is 31.2 Å². The third-order valence-corrected chi connectivity index (χ3v) is 3.36. The molecule has 5 nitrogen and oxygen atoms in total. The first-order chi connectivity index (χ1) is 8.63. The third-order valence-electron chi connectivity index (χ3n) is 3.36. The van der Waals surface area contributed by atoms with Gasteiger partial charge in [-0.1, -0.05) is 0 Å². The fourth-order valence-corrected chi connectivity index (χ4v) is 2.23. The average Bonchev–Trinajstić information content (AvgIpc) is 2.86. The SMILES string of the molecule is CNCc1c(C)nn(CCn2ccnc2C)c1C. The van der Waals surface area contributed by atoms with Gasteiger partial charge < -0.3 is 9.88 Å². The summed E-state index contributed by atoms with van der Waals surface area (Å²) in [7, 11) is 1.96. The van der Waals surface area contributed by atoms with Crippen LogP contribution in [0.15, 0.2) is 12.4 Å². The molecular weight excluding hydrogens is 226 g/mol. The Kier molecular flexibility index (Phi) is 3.81. The number of aryl methyl sites for hydroxylation is 4. The zero-order valence-electron chi connectivity index (χ0n) is 11.6. The highest BCUT2D eigenvalue weighted by Gasteiger charge is 2.10. The molecule has 0 aliphatic carbocycles. The Bertz CT molecular complexity index is 523. The minimum absolute atomic E-state index is 0.877. The predicted octanol–water partition coefficient (Wildman–Crippen LogP) is 1.42. The number of rotatable bonds is 5. The Morgan fingerprint density at radius 1 is 1.22 bits per heavy atom. The van der Waals surface area contributed by atoms with Gasteiger partial charge in [-0.3, -0.25) is 4.68 Å². The second-order valence-corrected chi connectivity index (χ2v) is 4.57. The van der Waals surface area contributed by atoms with Crippen molar-refractivity contribution in [3.05, 3.63) is 35.2 Å². The molecule has 1 N–H and O–H groups in total. The molecule has 0 saturated carbocycles. The van der Waals surface area contributed by atoms with Crippen LogP contribution in [0.1, 0.15) is 22.8 Å². The van der Waals surface area contributed by atoms with Crippen LogP contribution in [0.3, 0.4) is 0 Å². The molecule has 18 heavy (non-hydrogen) atoms. The summed E-state index contributed by atoms with van der Waals surface area (Å²) in [6.45, 7) is 8.89. The summed E-state index contributed by atoms with van der Waals surface area (Å²) in [5, 5.41) is 7.79. The van der Waals surface area contributed by atoms with Crippen molar-refractivity contribution in [3.8, 4) is 0 Å². The van der Waals surface area contributed by atoms with E-state index in [2.05, 4.69) is 38.5 Å². The van der Waals surface area contributed by atoms with Crippen LogP contribution in [-0.2, 0) is 19.6 Å². The molecule has 0 atom stereocenters. The highest BCUT2D eigenvalue weighted by molar-refractivity contribution is 5.24. The molecular formula is C13H21N5. The van der Waals surface area contributed by atoms with E-state index in [1.165, 1.54) is 11.3 Å². The van der Waals surface area contributed by atoms with Crippen LogP contribution in [0.4, 0.5) is 0 Å². The van der Waals surface area contributed by atoms with Crippen molar-refractivity contribution in [2.24, 2.45) is 0 Å². The number of hydrogen-bond donors (Lipinski definition) is 1. The molecule has 0 radical (unpaired) electrons. The van der Waals surface area contributed by atoms with Gasteiger partial charge in [0.1, 0.15) is 5.82 Å². The Hall–Kier alpha value is -1.62. The normalized spacial score (nSPS) is 11.1. The van der Waals surface area contributed by atoms with Crippen LogP contribution in [0, 0.1) is 20.8 Å². The number of aromatic nitrogens is 4. The van der Waals surface area contributed by atoms with E-state index >= 15 is 0 Å². The molecule has 2 heterocycles.